The van der Waals surface area contributed by atoms with Crippen molar-refractivity contribution in [1.82, 2.24) is 0 Å². The lowest BCUT2D eigenvalue weighted by Gasteiger charge is -2.30. The first-order valence-electron chi connectivity index (χ1n) is 9.92. The van der Waals surface area contributed by atoms with Crippen LogP contribution in [0.2, 0.25) is 0 Å². The van der Waals surface area contributed by atoms with Crippen molar-refractivity contribution < 1.29 is 0 Å². The van der Waals surface area contributed by atoms with Gasteiger partial charge in [-0.25, -0.2) is 0 Å². The van der Waals surface area contributed by atoms with Gasteiger partial charge >= 0.3 is 0 Å². The maximum absolute atomic E-state index is 2.33. The topological polar surface area (TPSA) is 3.24 Å². The number of hydrogen-bond donors (Lipinski definition) is 0. The molecule has 4 aromatic rings. The van der Waals surface area contributed by atoms with Crippen LogP contribution in [0.25, 0.3) is 22.3 Å². The van der Waals surface area contributed by atoms with Crippen LogP contribution in [0, 0.1) is 13.8 Å². The van der Waals surface area contributed by atoms with Gasteiger partial charge in [-0.05, 0) is 60.4 Å². The van der Waals surface area contributed by atoms with Gasteiger partial charge in [-0.1, -0.05) is 83.6 Å². The predicted octanol–water partition coefficient (Wildman–Crippen LogP) is 7.87. The summed E-state index contributed by atoms with van der Waals surface area (Å²) in [6, 6.07) is 31.1. The van der Waals surface area contributed by atoms with Gasteiger partial charge in [0, 0.05) is 16.8 Å². The molecule has 1 nitrogen and oxygen atoms in total. The van der Waals surface area contributed by atoms with E-state index in [-0.39, 0.29) is 0 Å². The zero-order valence-corrected chi connectivity index (χ0v) is 17.8. The Morgan fingerprint density at radius 1 is 0.552 bits per heavy atom. The van der Waals surface area contributed by atoms with Crippen LogP contribution >= 0.6 is 11.8 Å². The third-order valence-electron chi connectivity index (χ3n) is 5.57. The molecule has 0 atom stereocenters. The van der Waals surface area contributed by atoms with Gasteiger partial charge in [-0.2, -0.15) is 0 Å². The minimum Gasteiger partial charge on any atom is -0.343 e. The van der Waals surface area contributed by atoms with E-state index in [0.717, 1.165) is 0 Å². The highest BCUT2D eigenvalue weighted by molar-refractivity contribution is 7.99. The normalized spacial score (nSPS) is 12.4. The summed E-state index contributed by atoms with van der Waals surface area (Å²) in [5.41, 5.74) is 10.2. The standard InChI is InChI=1S/C27H23NS/c1-18-6-4-8-20(14-18)22-10-12-24-26(16-22)29-27-17-23(11-13-25(27)28(24)3)21-9-5-7-19(2)15-21/h4-17H,1-3H3. The van der Waals surface area contributed by atoms with Gasteiger partial charge in [-0.3, -0.25) is 0 Å². The molecule has 0 unspecified atom stereocenters. The molecule has 0 radical (unpaired) electrons. The molecule has 0 saturated heterocycles. The molecule has 0 N–H and O–H groups in total. The van der Waals surface area contributed by atoms with E-state index in [9.17, 15) is 0 Å². The molecule has 0 saturated carbocycles. The van der Waals surface area contributed by atoms with Crippen LogP contribution in [0.3, 0.4) is 0 Å². The summed E-state index contributed by atoms with van der Waals surface area (Å²) in [5, 5.41) is 0. The predicted molar refractivity (Wildman–Crippen MR) is 125 cm³/mol. The van der Waals surface area contributed by atoms with Gasteiger partial charge in [0.2, 0.25) is 0 Å². The Balaban J connectivity index is 1.56. The van der Waals surface area contributed by atoms with Gasteiger partial charge in [0.05, 0.1) is 11.4 Å². The van der Waals surface area contributed by atoms with Crippen LogP contribution in [0.1, 0.15) is 11.1 Å². The number of nitrogens with zero attached hydrogens (tertiary/aromatic N) is 1. The highest BCUT2D eigenvalue weighted by atomic mass is 32.2. The van der Waals surface area contributed by atoms with Gasteiger partial charge in [0.15, 0.2) is 0 Å². The van der Waals surface area contributed by atoms with Gasteiger partial charge in [0.1, 0.15) is 0 Å². The van der Waals surface area contributed by atoms with Crippen LogP contribution < -0.4 is 4.90 Å². The van der Waals surface area contributed by atoms with Crippen molar-refractivity contribution in [2.75, 3.05) is 11.9 Å². The Labute approximate surface area is 177 Å². The number of aryl methyl sites for hydroxylation is 2. The minimum absolute atomic E-state index is 1.27. The van der Waals surface area contributed by atoms with Crippen LogP contribution in [-0.4, -0.2) is 7.05 Å². The molecule has 2 heteroatoms. The molecule has 0 aliphatic carbocycles. The monoisotopic (exact) mass is 393 g/mol. The SMILES string of the molecule is Cc1cccc(-c2ccc3c(c2)Sc2cc(-c4cccc(C)c4)ccc2N3C)c1. The highest BCUT2D eigenvalue weighted by Crippen LogP contribution is 2.49. The molecule has 0 bridgehead atoms. The van der Waals surface area contributed by atoms with E-state index in [1.54, 1.807) is 0 Å². The Bertz CT molecular complexity index is 1130. The minimum atomic E-state index is 1.27. The van der Waals surface area contributed by atoms with Crippen molar-refractivity contribution in [3.05, 3.63) is 96.1 Å². The molecule has 0 spiro atoms. The van der Waals surface area contributed by atoms with E-state index >= 15 is 0 Å². The van der Waals surface area contributed by atoms with E-state index < -0.39 is 0 Å². The maximum atomic E-state index is 2.33. The molecular weight excluding hydrogens is 370 g/mol. The van der Waals surface area contributed by atoms with Crippen molar-refractivity contribution in [1.29, 1.82) is 0 Å². The molecular formula is C27H23NS. The lowest BCUT2D eigenvalue weighted by molar-refractivity contribution is 1.11. The van der Waals surface area contributed by atoms with Crippen LogP contribution in [0.4, 0.5) is 11.4 Å². The summed E-state index contributed by atoms with van der Waals surface area (Å²) in [6.45, 7) is 4.29. The van der Waals surface area contributed by atoms with Crippen molar-refractivity contribution >= 4 is 23.1 Å². The van der Waals surface area contributed by atoms with E-state index in [1.165, 1.54) is 54.5 Å². The highest BCUT2D eigenvalue weighted by Gasteiger charge is 2.21. The second-order valence-corrected chi connectivity index (χ2v) is 8.85. The van der Waals surface area contributed by atoms with Crippen molar-refractivity contribution in [2.45, 2.75) is 23.6 Å². The molecule has 1 heterocycles. The number of rotatable bonds is 2. The van der Waals surface area contributed by atoms with Crippen molar-refractivity contribution in [3.63, 3.8) is 0 Å². The summed E-state index contributed by atoms with van der Waals surface area (Å²) in [4.78, 5) is 4.92. The Kier molecular flexibility index (Phi) is 4.44. The summed E-state index contributed by atoms with van der Waals surface area (Å²) in [7, 11) is 2.16. The fourth-order valence-electron chi connectivity index (χ4n) is 4.00. The molecule has 0 aromatic heterocycles. The molecule has 0 fully saturated rings. The lowest BCUT2D eigenvalue weighted by atomic mass is 10.0. The molecule has 0 amide bonds. The summed E-state index contributed by atoms with van der Waals surface area (Å²) >= 11 is 1.87. The molecule has 4 aromatic carbocycles. The second-order valence-electron chi connectivity index (χ2n) is 7.77. The second kappa shape index (κ2) is 7.13. The first-order valence-corrected chi connectivity index (χ1v) is 10.7. The smallest absolute Gasteiger partial charge is 0.0550 e. The van der Waals surface area contributed by atoms with Crippen LogP contribution in [0.5, 0.6) is 0 Å². The van der Waals surface area contributed by atoms with E-state index in [0.29, 0.717) is 0 Å². The first-order chi connectivity index (χ1) is 14.1. The number of fused-ring (bicyclic) bond motifs is 2. The summed E-state index contributed by atoms with van der Waals surface area (Å²) in [5.74, 6) is 0. The zero-order chi connectivity index (χ0) is 20.0. The quantitative estimate of drug-likeness (QED) is 0.341. The van der Waals surface area contributed by atoms with Gasteiger partial charge in [-0.15, -0.1) is 0 Å². The fraction of sp³-hybridized carbons (Fsp3) is 0.111. The van der Waals surface area contributed by atoms with Crippen molar-refractivity contribution in [2.24, 2.45) is 0 Å². The Hall–Kier alpha value is -2.97. The lowest BCUT2D eigenvalue weighted by Crippen LogP contribution is -2.14. The molecule has 1 aliphatic rings. The molecule has 29 heavy (non-hydrogen) atoms. The molecule has 142 valence electrons. The van der Waals surface area contributed by atoms with Crippen LogP contribution in [0.15, 0.2) is 94.7 Å². The third kappa shape index (κ3) is 3.34. The maximum Gasteiger partial charge on any atom is 0.0550 e. The first kappa shape index (κ1) is 18.1. The van der Waals surface area contributed by atoms with Crippen LogP contribution in [-0.2, 0) is 0 Å². The van der Waals surface area contributed by atoms with E-state index in [4.69, 9.17) is 0 Å². The summed E-state index contributed by atoms with van der Waals surface area (Å²) < 4.78 is 0. The average molecular weight is 394 g/mol. The molecule has 5 rings (SSSR count). The average Bonchev–Trinajstić information content (AvgIpc) is 2.73. The van der Waals surface area contributed by atoms with Gasteiger partial charge < -0.3 is 4.90 Å². The Morgan fingerprint density at radius 2 is 1.00 bits per heavy atom. The zero-order valence-electron chi connectivity index (χ0n) is 16.9. The Morgan fingerprint density at radius 3 is 1.45 bits per heavy atom. The van der Waals surface area contributed by atoms with E-state index in [1.807, 2.05) is 11.8 Å². The van der Waals surface area contributed by atoms with E-state index in [2.05, 4.69) is 111 Å². The number of hydrogen-bond acceptors (Lipinski definition) is 2. The number of anilines is 2. The summed E-state index contributed by atoms with van der Waals surface area (Å²) in [6.07, 6.45) is 0. The fourth-order valence-corrected chi connectivity index (χ4v) is 5.23. The van der Waals surface area contributed by atoms with Gasteiger partial charge in [0.25, 0.3) is 0 Å². The largest absolute Gasteiger partial charge is 0.343 e. The number of benzene rings is 4. The third-order valence-corrected chi connectivity index (χ3v) is 6.66. The van der Waals surface area contributed by atoms with Crippen molar-refractivity contribution in [3.8, 4) is 22.3 Å². The molecule has 1 aliphatic heterocycles.